The van der Waals surface area contributed by atoms with Crippen molar-refractivity contribution in [3.05, 3.63) is 42.4 Å². The molecular weight excluding hydrogens is 306 g/mol. The van der Waals surface area contributed by atoms with Crippen LogP contribution in [0.2, 0.25) is 0 Å². The third-order valence-corrected chi connectivity index (χ3v) is 3.65. The standard InChI is InChI=1S/C17H21N5O2/c1-4-23-14-11-22(13-8-6-5-7-9-13)20-16(14)17-19-15(21-24-17)10-12(2)18-3/h5-9,11-12,18H,4,10H2,1-3H3. The Morgan fingerprint density at radius 1 is 1.29 bits per heavy atom. The molecule has 0 aliphatic heterocycles. The van der Waals surface area contributed by atoms with Gasteiger partial charge in [0.2, 0.25) is 0 Å². The van der Waals surface area contributed by atoms with Gasteiger partial charge in [-0.15, -0.1) is 0 Å². The molecule has 24 heavy (non-hydrogen) atoms. The second kappa shape index (κ2) is 7.27. The zero-order valence-corrected chi connectivity index (χ0v) is 14.1. The molecule has 0 aliphatic carbocycles. The van der Waals surface area contributed by atoms with Gasteiger partial charge < -0.3 is 14.6 Å². The first kappa shape index (κ1) is 16.2. The highest BCUT2D eigenvalue weighted by Crippen LogP contribution is 2.28. The van der Waals surface area contributed by atoms with E-state index in [0.29, 0.717) is 36.2 Å². The van der Waals surface area contributed by atoms with E-state index >= 15 is 0 Å². The van der Waals surface area contributed by atoms with E-state index in [4.69, 9.17) is 9.26 Å². The molecule has 1 aromatic carbocycles. The lowest BCUT2D eigenvalue weighted by Crippen LogP contribution is -2.24. The molecule has 0 spiro atoms. The van der Waals surface area contributed by atoms with E-state index in [9.17, 15) is 0 Å². The van der Waals surface area contributed by atoms with Crippen LogP contribution in [0.25, 0.3) is 17.3 Å². The summed E-state index contributed by atoms with van der Waals surface area (Å²) in [7, 11) is 1.90. The highest BCUT2D eigenvalue weighted by Gasteiger charge is 2.20. The maximum absolute atomic E-state index is 5.68. The van der Waals surface area contributed by atoms with Crippen molar-refractivity contribution < 1.29 is 9.26 Å². The van der Waals surface area contributed by atoms with Crippen LogP contribution in [0.3, 0.4) is 0 Å². The fourth-order valence-electron chi connectivity index (χ4n) is 2.29. The predicted octanol–water partition coefficient (Wildman–Crippen LogP) is 2.47. The molecule has 0 saturated carbocycles. The molecule has 7 heteroatoms. The number of hydrogen-bond donors (Lipinski definition) is 1. The summed E-state index contributed by atoms with van der Waals surface area (Å²) in [6, 6.07) is 10.1. The maximum atomic E-state index is 5.68. The average molecular weight is 327 g/mol. The topological polar surface area (TPSA) is 78.0 Å². The second-order valence-corrected chi connectivity index (χ2v) is 5.46. The number of ether oxygens (including phenoxy) is 1. The van der Waals surface area contributed by atoms with Crippen LogP contribution >= 0.6 is 0 Å². The molecule has 3 aromatic rings. The van der Waals surface area contributed by atoms with Crippen molar-refractivity contribution in [3.8, 4) is 23.0 Å². The van der Waals surface area contributed by atoms with E-state index in [1.807, 2.05) is 50.5 Å². The molecule has 0 saturated heterocycles. The number of nitrogens with zero attached hydrogens (tertiary/aromatic N) is 4. The number of para-hydroxylation sites is 1. The van der Waals surface area contributed by atoms with Gasteiger partial charge in [-0.05, 0) is 33.0 Å². The first-order valence-corrected chi connectivity index (χ1v) is 7.99. The van der Waals surface area contributed by atoms with Crippen LogP contribution in [0.4, 0.5) is 0 Å². The largest absolute Gasteiger partial charge is 0.490 e. The Bertz CT molecular complexity index is 781. The molecule has 0 bridgehead atoms. The molecule has 126 valence electrons. The summed E-state index contributed by atoms with van der Waals surface area (Å²) in [5, 5.41) is 11.7. The lowest BCUT2D eigenvalue weighted by molar-refractivity contribution is 0.339. The third kappa shape index (κ3) is 3.46. The van der Waals surface area contributed by atoms with Crippen LogP contribution in [-0.2, 0) is 6.42 Å². The van der Waals surface area contributed by atoms with Crippen molar-refractivity contribution in [3.63, 3.8) is 0 Å². The average Bonchev–Trinajstić information content (AvgIpc) is 3.23. The van der Waals surface area contributed by atoms with Gasteiger partial charge in [0.05, 0.1) is 18.5 Å². The van der Waals surface area contributed by atoms with Crippen LogP contribution < -0.4 is 10.1 Å². The van der Waals surface area contributed by atoms with Crippen LogP contribution in [0, 0.1) is 0 Å². The molecule has 2 aromatic heterocycles. The number of rotatable bonds is 7. The van der Waals surface area contributed by atoms with Crippen molar-refractivity contribution in [1.82, 2.24) is 25.2 Å². The fraction of sp³-hybridized carbons (Fsp3) is 0.353. The van der Waals surface area contributed by atoms with Crippen molar-refractivity contribution in [2.75, 3.05) is 13.7 Å². The first-order valence-electron chi connectivity index (χ1n) is 7.99. The van der Waals surface area contributed by atoms with Crippen LogP contribution in [0.15, 0.2) is 41.1 Å². The summed E-state index contributed by atoms with van der Waals surface area (Å²) < 4.78 is 12.8. The maximum Gasteiger partial charge on any atom is 0.282 e. The zero-order valence-electron chi connectivity index (χ0n) is 14.1. The Labute approximate surface area is 140 Å². The summed E-state index contributed by atoms with van der Waals surface area (Å²) in [6.07, 6.45) is 2.51. The minimum absolute atomic E-state index is 0.267. The van der Waals surface area contributed by atoms with Gasteiger partial charge in [-0.2, -0.15) is 10.1 Å². The predicted molar refractivity (Wildman–Crippen MR) is 90.3 cm³/mol. The Morgan fingerprint density at radius 3 is 2.79 bits per heavy atom. The van der Waals surface area contributed by atoms with Crippen LogP contribution in [0.1, 0.15) is 19.7 Å². The van der Waals surface area contributed by atoms with Gasteiger partial charge in [-0.3, -0.25) is 0 Å². The van der Waals surface area contributed by atoms with E-state index in [1.54, 1.807) is 4.68 Å². The molecule has 1 N–H and O–H groups in total. The molecule has 3 rings (SSSR count). The van der Waals surface area contributed by atoms with Crippen molar-refractivity contribution in [2.24, 2.45) is 0 Å². The van der Waals surface area contributed by atoms with Crippen molar-refractivity contribution in [2.45, 2.75) is 26.3 Å². The molecule has 0 amide bonds. The van der Waals surface area contributed by atoms with E-state index in [2.05, 4.69) is 27.5 Å². The Hall–Kier alpha value is -2.67. The van der Waals surface area contributed by atoms with Crippen LogP contribution in [0.5, 0.6) is 5.75 Å². The van der Waals surface area contributed by atoms with Gasteiger partial charge in [0, 0.05) is 12.5 Å². The summed E-state index contributed by atoms with van der Waals surface area (Å²) in [5.74, 6) is 1.63. The SMILES string of the molecule is CCOc1cn(-c2ccccc2)nc1-c1nc(CC(C)NC)no1. The normalized spacial score (nSPS) is 12.3. The summed E-state index contributed by atoms with van der Waals surface area (Å²) in [5.41, 5.74) is 1.49. The number of benzene rings is 1. The minimum Gasteiger partial charge on any atom is -0.490 e. The number of likely N-dealkylation sites (N-methyl/N-ethyl adjacent to an activating group) is 1. The van der Waals surface area contributed by atoms with Crippen molar-refractivity contribution in [1.29, 1.82) is 0 Å². The highest BCUT2D eigenvalue weighted by atomic mass is 16.5. The fourth-order valence-corrected chi connectivity index (χ4v) is 2.29. The van der Waals surface area contributed by atoms with Gasteiger partial charge in [0.15, 0.2) is 17.3 Å². The molecule has 2 heterocycles. The van der Waals surface area contributed by atoms with E-state index in [0.717, 1.165) is 5.69 Å². The Morgan fingerprint density at radius 2 is 2.08 bits per heavy atom. The van der Waals surface area contributed by atoms with E-state index < -0.39 is 0 Å². The lowest BCUT2D eigenvalue weighted by atomic mass is 10.2. The summed E-state index contributed by atoms with van der Waals surface area (Å²) in [4.78, 5) is 4.44. The molecule has 1 atom stereocenters. The van der Waals surface area contributed by atoms with E-state index in [-0.39, 0.29) is 6.04 Å². The summed E-state index contributed by atoms with van der Waals surface area (Å²) >= 11 is 0. The Kier molecular flexibility index (Phi) is 4.90. The van der Waals surface area contributed by atoms with E-state index in [1.165, 1.54) is 0 Å². The van der Waals surface area contributed by atoms with Gasteiger partial charge in [0.1, 0.15) is 0 Å². The van der Waals surface area contributed by atoms with Crippen LogP contribution in [-0.4, -0.2) is 39.6 Å². The monoisotopic (exact) mass is 327 g/mol. The lowest BCUT2D eigenvalue weighted by Gasteiger charge is -2.04. The third-order valence-electron chi connectivity index (χ3n) is 3.65. The quantitative estimate of drug-likeness (QED) is 0.718. The number of nitrogens with one attached hydrogen (secondary N) is 1. The second-order valence-electron chi connectivity index (χ2n) is 5.46. The first-order chi connectivity index (χ1) is 11.7. The Balaban J connectivity index is 1.93. The van der Waals surface area contributed by atoms with Gasteiger partial charge >= 0.3 is 0 Å². The molecule has 0 fully saturated rings. The number of hydrogen-bond acceptors (Lipinski definition) is 6. The molecule has 7 nitrogen and oxygen atoms in total. The molecule has 0 aliphatic rings. The van der Waals surface area contributed by atoms with Gasteiger partial charge in [0.25, 0.3) is 5.89 Å². The highest BCUT2D eigenvalue weighted by molar-refractivity contribution is 5.57. The smallest absolute Gasteiger partial charge is 0.282 e. The zero-order chi connectivity index (χ0) is 16.9. The number of aromatic nitrogens is 4. The van der Waals surface area contributed by atoms with Gasteiger partial charge in [-0.25, -0.2) is 4.68 Å². The van der Waals surface area contributed by atoms with Crippen molar-refractivity contribution >= 4 is 0 Å². The molecular formula is C17H21N5O2. The summed E-state index contributed by atoms with van der Waals surface area (Å²) in [6.45, 7) is 4.52. The van der Waals surface area contributed by atoms with Gasteiger partial charge in [-0.1, -0.05) is 23.4 Å². The minimum atomic E-state index is 0.267. The molecule has 0 radical (unpaired) electrons. The molecule has 1 unspecified atom stereocenters.